The van der Waals surface area contributed by atoms with E-state index in [2.05, 4.69) is 261 Å². The molecule has 0 aliphatic heterocycles. The molecule has 0 saturated heterocycles. The van der Waals surface area contributed by atoms with Gasteiger partial charge in [-0.1, -0.05) is 279 Å². The lowest BCUT2D eigenvalue weighted by molar-refractivity contribution is 0.672. The monoisotopic (exact) mass is 1370 g/mol. The van der Waals surface area contributed by atoms with Gasteiger partial charge >= 0.3 is 0 Å². The highest BCUT2D eigenvalue weighted by Gasteiger charge is 2.21. The Morgan fingerprint density at radius 2 is 0.505 bits per heavy atom. The minimum absolute atomic E-state index is 0.705. The van der Waals surface area contributed by atoms with E-state index in [1.54, 1.807) is 0 Å². The zero-order chi connectivity index (χ0) is 70.5. The predicted molar refractivity (Wildman–Crippen MR) is 441 cm³/mol. The number of rotatable bonds is 6. The third kappa shape index (κ3) is 10.5. The summed E-state index contributed by atoms with van der Waals surface area (Å²) in [6.07, 6.45) is 0. The molecule has 9 nitrogen and oxygen atoms in total. The molecule has 0 atom stereocenters. The Labute approximate surface area is 611 Å². The van der Waals surface area contributed by atoms with E-state index in [0.717, 1.165) is 192 Å². The number of furan rings is 3. The van der Waals surface area contributed by atoms with Crippen molar-refractivity contribution in [2.24, 2.45) is 0 Å². The van der Waals surface area contributed by atoms with Crippen LogP contribution in [0.4, 0.5) is 0 Å². The molecule has 0 N–H and O–H groups in total. The van der Waals surface area contributed by atoms with E-state index in [9.17, 15) is 0 Å². The first-order chi connectivity index (χ1) is 53.0. The summed E-state index contributed by atoms with van der Waals surface area (Å²) in [4.78, 5) is 30.5. The van der Waals surface area contributed by atoms with Gasteiger partial charge in [-0.05, 0) is 105 Å². The molecule has 6 heterocycles. The number of hydrogen-bond donors (Lipinski definition) is 0. The quantitative estimate of drug-likeness (QED) is 0.150. The van der Waals surface area contributed by atoms with Crippen LogP contribution in [0.1, 0.15) is 0 Å². The first kappa shape index (κ1) is 61.2. The molecule has 17 aromatic carbocycles. The summed E-state index contributed by atoms with van der Waals surface area (Å²) in [5, 5.41) is 21.2. The van der Waals surface area contributed by atoms with Gasteiger partial charge in [0.25, 0.3) is 0 Å². The predicted octanol–water partition coefficient (Wildman–Crippen LogP) is 26.4. The van der Waals surface area contributed by atoms with Gasteiger partial charge in [0.2, 0.25) is 0 Å². The Kier molecular flexibility index (Phi) is 14.4. The lowest BCUT2D eigenvalue weighted by Crippen LogP contribution is -1.96. The normalized spacial score (nSPS) is 11.7. The Bertz CT molecular complexity index is 7520. The highest BCUT2D eigenvalue weighted by molar-refractivity contribution is 6.19. The molecule has 0 saturated carbocycles. The molecule has 23 aromatic rings. The van der Waals surface area contributed by atoms with E-state index in [1.165, 1.54) is 10.8 Å². The lowest BCUT2D eigenvalue weighted by Gasteiger charge is -2.12. The Hall–Kier alpha value is -14.5. The average Bonchev–Trinajstić information content (AvgIpc) is 1.74. The number of para-hydroxylation sites is 4. The molecule has 6 aromatic heterocycles. The summed E-state index contributed by atoms with van der Waals surface area (Å²) in [5.41, 5.74) is 17.2. The van der Waals surface area contributed by atoms with Crippen LogP contribution in [0.3, 0.4) is 0 Å². The molecule has 0 aliphatic rings. The van der Waals surface area contributed by atoms with Crippen molar-refractivity contribution in [1.82, 2.24) is 29.9 Å². The van der Waals surface area contributed by atoms with Crippen molar-refractivity contribution in [3.05, 3.63) is 352 Å². The van der Waals surface area contributed by atoms with Crippen molar-refractivity contribution in [3.8, 4) is 67.9 Å². The van der Waals surface area contributed by atoms with Crippen LogP contribution in [0.5, 0.6) is 0 Å². The Morgan fingerprint density at radius 3 is 0.991 bits per heavy atom. The number of benzene rings is 17. The topological polar surface area (TPSA) is 117 Å². The number of aromatic nitrogens is 6. The van der Waals surface area contributed by atoms with Crippen molar-refractivity contribution < 1.29 is 13.3 Å². The van der Waals surface area contributed by atoms with Crippen LogP contribution in [0.15, 0.2) is 365 Å². The summed E-state index contributed by atoms with van der Waals surface area (Å²) in [6.45, 7) is 0. The smallest absolute Gasteiger partial charge is 0.160 e. The highest BCUT2D eigenvalue weighted by atomic mass is 16.3. The second-order valence-electron chi connectivity index (χ2n) is 27.1. The molecule has 0 amide bonds. The van der Waals surface area contributed by atoms with Gasteiger partial charge < -0.3 is 13.3 Å². The Morgan fingerprint density at radius 1 is 0.178 bits per heavy atom. The average molecular weight is 1370 g/mol. The number of hydrogen-bond acceptors (Lipinski definition) is 9. The molecule has 23 rings (SSSR count). The van der Waals surface area contributed by atoms with Gasteiger partial charge in [-0.2, -0.15) is 0 Å². The van der Waals surface area contributed by atoms with Crippen LogP contribution in [0.2, 0.25) is 0 Å². The van der Waals surface area contributed by atoms with Crippen molar-refractivity contribution in [1.29, 1.82) is 0 Å². The molecule has 0 aliphatic carbocycles. The largest absolute Gasteiger partial charge is 0.455 e. The van der Waals surface area contributed by atoms with Gasteiger partial charge in [0.15, 0.2) is 17.5 Å². The first-order valence-electron chi connectivity index (χ1n) is 35.9. The molecule has 498 valence electrons. The van der Waals surface area contributed by atoms with Crippen LogP contribution in [-0.2, 0) is 0 Å². The van der Waals surface area contributed by atoms with Crippen LogP contribution in [0.25, 0.3) is 220 Å². The fourth-order valence-electron chi connectivity index (χ4n) is 15.6. The van der Waals surface area contributed by atoms with Crippen molar-refractivity contribution in [3.63, 3.8) is 0 Å². The molecular weight excluding hydrogens is 1310 g/mol. The molecule has 0 fully saturated rings. The molecule has 9 heteroatoms. The van der Waals surface area contributed by atoms with Crippen LogP contribution < -0.4 is 0 Å². The zero-order valence-electron chi connectivity index (χ0n) is 57.4. The van der Waals surface area contributed by atoms with Gasteiger partial charge in [0, 0.05) is 103 Å². The summed E-state index contributed by atoms with van der Waals surface area (Å²) in [6, 6.07) is 121. The summed E-state index contributed by atoms with van der Waals surface area (Å²) in [5.74, 6) is 2.12. The van der Waals surface area contributed by atoms with Crippen molar-refractivity contribution in [2.75, 3.05) is 0 Å². The molecular formula is C98H58N6O3. The lowest BCUT2D eigenvalue weighted by atomic mass is 9.99. The zero-order valence-corrected chi connectivity index (χ0v) is 57.4. The minimum atomic E-state index is 0.705. The van der Waals surface area contributed by atoms with Gasteiger partial charge in [-0.15, -0.1) is 0 Å². The fourth-order valence-corrected chi connectivity index (χ4v) is 15.6. The third-order valence-corrected chi connectivity index (χ3v) is 20.8. The third-order valence-electron chi connectivity index (χ3n) is 20.8. The first-order valence-corrected chi connectivity index (χ1v) is 35.9. The maximum absolute atomic E-state index is 6.34. The highest BCUT2D eigenvalue weighted by Crippen LogP contribution is 2.43. The van der Waals surface area contributed by atoms with Gasteiger partial charge in [-0.3, -0.25) is 0 Å². The minimum Gasteiger partial charge on any atom is -0.455 e. The van der Waals surface area contributed by atoms with Crippen molar-refractivity contribution >= 4 is 152 Å². The summed E-state index contributed by atoms with van der Waals surface area (Å²) < 4.78 is 18.9. The molecule has 0 unspecified atom stereocenters. The van der Waals surface area contributed by atoms with Crippen LogP contribution >= 0.6 is 0 Å². The van der Waals surface area contributed by atoms with Gasteiger partial charge in [0.1, 0.15) is 33.5 Å². The van der Waals surface area contributed by atoms with E-state index < -0.39 is 0 Å². The van der Waals surface area contributed by atoms with Crippen LogP contribution in [0, 0.1) is 0 Å². The Balaban J connectivity index is 0.000000103. The second-order valence-corrected chi connectivity index (χ2v) is 27.1. The number of fused-ring (bicyclic) bond motifs is 22. The van der Waals surface area contributed by atoms with Gasteiger partial charge in [-0.25, -0.2) is 29.9 Å². The van der Waals surface area contributed by atoms with E-state index in [1.807, 2.05) is 91.0 Å². The maximum Gasteiger partial charge on any atom is 0.160 e. The van der Waals surface area contributed by atoms with E-state index in [-0.39, 0.29) is 0 Å². The van der Waals surface area contributed by atoms with E-state index in [4.69, 9.17) is 43.2 Å². The molecule has 0 spiro atoms. The number of nitrogens with zero attached hydrogens (tertiary/aromatic N) is 6. The van der Waals surface area contributed by atoms with Gasteiger partial charge in [0.05, 0.1) is 33.6 Å². The second kappa shape index (κ2) is 25.2. The van der Waals surface area contributed by atoms with E-state index in [0.29, 0.717) is 17.5 Å². The maximum atomic E-state index is 6.34. The summed E-state index contributed by atoms with van der Waals surface area (Å²) >= 11 is 0. The van der Waals surface area contributed by atoms with Crippen molar-refractivity contribution in [2.45, 2.75) is 0 Å². The fraction of sp³-hybridized carbons (Fsp3) is 0. The summed E-state index contributed by atoms with van der Waals surface area (Å²) in [7, 11) is 0. The van der Waals surface area contributed by atoms with E-state index >= 15 is 0 Å². The SMILES string of the molecule is c1ccc(-c2nc(-c3ccc4ccc5c6ccccc6oc5c4c3)nc3c2ccc2ccccc23)cc1.c1ccc(-c2nc(-c3ccc4ccc5c6ccccc6oc5c4c3)nc3ccc4ccccc4c23)cc1.c1ccc(-c2nc(-c3ccc4ccc5c6ccccc6oc5c4c3)nc3ccccc23)cc1. The molecule has 0 radical (unpaired) electrons. The van der Waals surface area contributed by atoms with Crippen LogP contribution in [-0.4, -0.2) is 29.9 Å². The molecule has 107 heavy (non-hydrogen) atoms. The standard InChI is InChI=1S/2C34H20N2O.C30H18N2O/c1-2-9-23(10-3-1)32-31-25-11-5-4-8-21(25)17-19-29(31)35-34(36-32)24-15-14-22-16-18-27-26-12-6-7-13-30(26)37-33(27)28(22)20-24;1-2-9-23(10-3-1)31-28-19-17-21-8-4-5-11-25(21)32(28)36-34(35-31)24-15-14-22-16-18-27-26-12-6-7-13-30(26)37-33(27)29(22)20-24;1-2-8-20(9-3-1)28-24-11-4-6-12-26(24)31-30(32-28)21-15-14-19-16-17-23-22-10-5-7-13-27(22)33-29(23)25(19)18-21/h2*1-20H;1-18H. The molecule has 0 bridgehead atoms.